The molecule has 3 heterocycles. The number of piperidine rings is 1. The number of nitrogens with zero attached hydrogens (tertiary/aromatic N) is 7. The van der Waals surface area contributed by atoms with E-state index in [0.29, 0.717) is 18.2 Å². The largest absolute Gasteiger partial charge is 0.378 e. The Morgan fingerprint density at radius 3 is 2.69 bits per heavy atom. The minimum Gasteiger partial charge on any atom is -0.378 e. The molecule has 0 saturated carbocycles. The maximum Gasteiger partial charge on any atom is 0.293 e. The van der Waals surface area contributed by atoms with Crippen LogP contribution in [0.15, 0.2) is 34.0 Å². The van der Waals surface area contributed by atoms with Crippen molar-refractivity contribution < 1.29 is 9.42 Å². The molecule has 1 fully saturated rings. The Hall–Kier alpha value is -3.60. The van der Waals surface area contributed by atoms with Crippen molar-refractivity contribution in [2.75, 3.05) is 18.8 Å². The summed E-state index contributed by atoms with van der Waals surface area (Å²) in [6.07, 6.45) is 4.75. The average molecular weight is 438 g/mol. The van der Waals surface area contributed by atoms with Gasteiger partial charge in [-0.2, -0.15) is 9.78 Å². The van der Waals surface area contributed by atoms with Crippen molar-refractivity contribution in [2.24, 2.45) is 11.0 Å². The zero-order valence-electron chi connectivity index (χ0n) is 18.2. The normalized spacial score (nSPS) is 15.4. The molecule has 0 atom stereocenters. The Bertz CT molecular complexity index is 1080. The molecule has 0 spiro atoms. The van der Waals surface area contributed by atoms with Crippen molar-refractivity contribution in [1.82, 2.24) is 35.6 Å². The first-order chi connectivity index (χ1) is 15.5. The summed E-state index contributed by atoms with van der Waals surface area (Å²) in [4.78, 5) is 15.1. The minimum atomic E-state index is -0.465. The van der Waals surface area contributed by atoms with Gasteiger partial charge in [-0.1, -0.05) is 43.3 Å². The van der Waals surface area contributed by atoms with Gasteiger partial charge in [0.25, 0.3) is 5.91 Å². The molecule has 3 N–H and O–H groups in total. The number of benzene rings is 1. The van der Waals surface area contributed by atoms with Gasteiger partial charge in [-0.15, -0.1) is 5.10 Å². The van der Waals surface area contributed by atoms with Crippen molar-refractivity contribution >= 4 is 17.9 Å². The van der Waals surface area contributed by atoms with Crippen LogP contribution < -0.4 is 11.2 Å². The summed E-state index contributed by atoms with van der Waals surface area (Å²) in [6, 6.07) is 7.97. The topological polar surface area (TPSA) is 140 Å². The van der Waals surface area contributed by atoms with E-state index in [4.69, 9.17) is 10.4 Å². The summed E-state index contributed by atoms with van der Waals surface area (Å²) in [5.41, 5.74) is 11.2. The molecule has 11 nitrogen and oxygen atoms in total. The second-order valence-electron chi connectivity index (χ2n) is 8.02. The summed E-state index contributed by atoms with van der Waals surface area (Å²) in [6.45, 7) is 6.66. The number of amides is 1. The van der Waals surface area contributed by atoms with E-state index in [-0.39, 0.29) is 17.3 Å². The molecule has 1 saturated heterocycles. The lowest BCUT2D eigenvalue weighted by atomic mass is 9.99. The third-order valence-corrected chi connectivity index (χ3v) is 5.69. The third kappa shape index (κ3) is 4.83. The maximum absolute atomic E-state index is 12.9. The summed E-state index contributed by atoms with van der Waals surface area (Å²) < 4.78 is 6.12. The Balaban J connectivity index is 1.53. The van der Waals surface area contributed by atoms with Crippen LogP contribution in [0.3, 0.4) is 0 Å². The highest BCUT2D eigenvalue weighted by Crippen LogP contribution is 2.21. The van der Waals surface area contributed by atoms with Gasteiger partial charge in [-0.25, -0.2) is 10.1 Å². The summed E-state index contributed by atoms with van der Waals surface area (Å²) in [7, 11) is 0. The highest BCUT2D eigenvalue weighted by Gasteiger charge is 2.26. The number of nitrogens with one attached hydrogen (secondary N) is 1. The highest BCUT2D eigenvalue weighted by molar-refractivity contribution is 5.94. The quantitative estimate of drug-likeness (QED) is 0.421. The average Bonchev–Trinajstić information content (AvgIpc) is 3.41. The van der Waals surface area contributed by atoms with Crippen LogP contribution in [0.4, 0.5) is 5.82 Å². The molecule has 0 unspecified atom stereocenters. The number of carbonyl (C=O) groups excluding carboxylic acids is 1. The Morgan fingerprint density at radius 2 is 2.03 bits per heavy atom. The Kier molecular flexibility index (Phi) is 6.55. The first kappa shape index (κ1) is 21.6. The van der Waals surface area contributed by atoms with Gasteiger partial charge in [0.05, 0.1) is 11.9 Å². The zero-order chi connectivity index (χ0) is 22.5. The van der Waals surface area contributed by atoms with Crippen LogP contribution in [-0.4, -0.2) is 55.4 Å². The number of carbonyl (C=O) groups is 1. The molecule has 32 heavy (non-hydrogen) atoms. The van der Waals surface area contributed by atoms with Gasteiger partial charge in [0, 0.05) is 6.54 Å². The van der Waals surface area contributed by atoms with Crippen LogP contribution in [0, 0.1) is 5.92 Å². The fourth-order valence-electron chi connectivity index (χ4n) is 3.62. The van der Waals surface area contributed by atoms with E-state index >= 15 is 0 Å². The maximum atomic E-state index is 12.9. The van der Waals surface area contributed by atoms with Gasteiger partial charge >= 0.3 is 0 Å². The van der Waals surface area contributed by atoms with Crippen LogP contribution in [-0.2, 0) is 13.0 Å². The van der Waals surface area contributed by atoms with E-state index in [1.54, 1.807) is 6.21 Å². The van der Waals surface area contributed by atoms with Crippen LogP contribution in [0.25, 0.3) is 5.82 Å². The molecule has 1 aromatic carbocycles. The Labute approximate surface area is 185 Å². The number of hydrogen-bond acceptors (Lipinski definition) is 9. The molecule has 168 valence electrons. The van der Waals surface area contributed by atoms with Crippen LogP contribution in [0.5, 0.6) is 0 Å². The fraction of sp³-hybridized carbons (Fsp3) is 0.429. The number of aryl methyl sites for hydroxylation is 1. The number of hydrogen-bond donors (Lipinski definition) is 2. The van der Waals surface area contributed by atoms with Gasteiger partial charge in [-0.3, -0.25) is 9.69 Å². The number of hydrazone groups is 1. The molecule has 1 aliphatic heterocycles. The smallest absolute Gasteiger partial charge is 0.293 e. The SMILES string of the molecule is CCc1ccc(/C=N/NC(=O)c2nnn(-c3nonc3N)c2CN2CCC(C)CC2)cc1. The van der Waals surface area contributed by atoms with Gasteiger partial charge in [0.1, 0.15) is 0 Å². The first-order valence-electron chi connectivity index (χ1n) is 10.7. The van der Waals surface area contributed by atoms with Crippen molar-refractivity contribution in [3.05, 3.63) is 46.8 Å². The standard InChI is InChI=1S/C21H27N9O2/c1-3-15-4-6-16(7-5-15)12-23-25-21(31)18-17(13-29-10-8-14(2)9-11-29)30(28-24-18)20-19(22)26-32-27-20/h4-7,12,14H,3,8-11,13H2,1-2H3,(H2,22,26)(H,25,31)/b23-12+. The summed E-state index contributed by atoms with van der Waals surface area (Å²) >= 11 is 0. The van der Waals surface area contributed by atoms with Crippen molar-refractivity contribution in [1.29, 1.82) is 0 Å². The molecule has 0 aliphatic carbocycles. The zero-order valence-corrected chi connectivity index (χ0v) is 18.2. The number of anilines is 1. The lowest BCUT2D eigenvalue weighted by Crippen LogP contribution is -2.34. The van der Waals surface area contributed by atoms with Crippen LogP contribution >= 0.6 is 0 Å². The number of rotatable bonds is 7. The van der Waals surface area contributed by atoms with Gasteiger partial charge < -0.3 is 5.73 Å². The molecular weight excluding hydrogens is 410 g/mol. The lowest BCUT2D eigenvalue weighted by molar-refractivity contribution is 0.0947. The Morgan fingerprint density at radius 1 is 1.28 bits per heavy atom. The van der Waals surface area contributed by atoms with Crippen molar-refractivity contribution in [3.8, 4) is 5.82 Å². The van der Waals surface area contributed by atoms with Gasteiger partial charge in [0.2, 0.25) is 11.6 Å². The number of likely N-dealkylation sites (tertiary alicyclic amines) is 1. The minimum absolute atomic E-state index is 0.0731. The number of aromatic nitrogens is 5. The van der Waals surface area contributed by atoms with Crippen LogP contribution in [0.1, 0.15) is 54.0 Å². The number of nitrogen functional groups attached to an aromatic ring is 1. The van der Waals surface area contributed by atoms with E-state index in [1.165, 1.54) is 10.2 Å². The fourth-order valence-corrected chi connectivity index (χ4v) is 3.62. The molecule has 0 bridgehead atoms. The molecule has 0 radical (unpaired) electrons. The van der Waals surface area contributed by atoms with Gasteiger partial charge in [-0.05, 0) is 59.7 Å². The summed E-state index contributed by atoms with van der Waals surface area (Å²) in [5, 5.41) is 19.7. The summed E-state index contributed by atoms with van der Waals surface area (Å²) in [5.74, 6) is 0.501. The monoisotopic (exact) mass is 437 g/mol. The second-order valence-corrected chi connectivity index (χ2v) is 8.02. The van der Waals surface area contributed by atoms with Crippen molar-refractivity contribution in [3.63, 3.8) is 0 Å². The predicted molar refractivity (Wildman–Crippen MR) is 118 cm³/mol. The van der Waals surface area contributed by atoms with E-state index < -0.39 is 5.91 Å². The van der Waals surface area contributed by atoms with E-state index in [9.17, 15) is 4.79 Å². The second kappa shape index (κ2) is 9.69. The van der Waals surface area contributed by atoms with E-state index in [0.717, 1.165) is 37.9 Å². The van der Waals surface area contributed by atoms with E-state index in [1.807, 2.05) is 24.3 Å². The molecule has 4 rings (SSSR count). The number of nitrogens with two attached hydrogens (primary N) is 1. The van der Waals surface area contributed by atoms with Gasteiger partial charge in [0.15, 0.2) is 5.69 Å². The lowest BCUT2D eigenvalue weighted by Gasteiger charge is -2.30. The molecule has 2 aromatic heterocycles. The molecule has 11 heteroatoms. The first-order valence-corrected chi connectivity index (χ1v) is 10.7. The molecular formula is C21H27N9O2. The molecule has 1 amide bonds. The highest BCUT2D eigenvalue weighted by atomic mass is 16.6. The van der Waals surface area contributed by atoms with Crippen LogP contribution in [0.2, 0.25) is 0 Å². The molecule has 3 aromatic rings. The van der Waals surface area contributed by atoms with E-state index in [2.05, 4.69) is 49.9 Å². The van der Waals surface area contributed by atoms with Crippen molar-refractivity contribution in [2.45, 2.75) is 39.7 Å². The predicted octanol–water partition coefficient (Wildman–Crippen LogP) is 1.79. The molecule has 1 aliphatic rings. The third-order valence-electron chi connectivity index (χ3n) is 5.69.